The number of ether oxygens (including phenoxy) is 2. The minimum atomic E-state index is -3.60. The minimum absolute atomic E-state index is 0.0377. The van der Waals surface area contributed by atoms with Gasteiger partial charge in [0, 0.05) is 44.1 Å². The molecule has 4 rings (SSSR count). The summed E-state index contributed by atoms with van der Waals surface area (Å²) < 4.78 is 35.0. The molecule has 1 aromatic heterocycles. The first-order valence-corrected chi connectivity index (χ1v) is 8.02. The molecule has 0 saturated carbocycles. The third-order valence-corrected chi connectivity index (χ3v) is 4.44. The third kappa shape index (κ3) is 3.54. The van der Waals surface area contributed by atoms with Gasteiger partial charge in [0.1, 0.15) is 0 Å². The summed E-state index contributed by atoms with van der Waals surface area (Å²) in [5.41, 5.74) is 1.67. The van der Waals surface area contributed by atoms with Crippen LogP contribution in [0.3, 0.4) is 0 Å². The van der Waals surface area contributed by atoms with Crippen molar-refractivity contribution in [2.45, 2.75) is 25.4 Å². The van der Waals surface area contributed by atoms with E-state index in [0.29, 0.717) is 26.1 Å². The number of fused-ring (bicyclic) bond motifs is 1. The van der Waals surface area contributed by atoms with Crippen LogP contribution in [0.5, 0.6) is 11.5 Å². The van der Waals surface area contributed by atoms with Crippen molar-refractivity contribution in [2.75, 3.05) is 13.1 Å². The van der Waals surface area contributed by atoms with E-state index in [-0.39, 0.29) is 17.4 Å². The molecule has 0 radical (unpaired) electrons. The van der Waals surface area contributed by atoms with Crippen LogP contribution < -0.4 is 9.47 Å². The molecule has 0 amide bonds. The van der Waals surface area contributed by atoms with Crippen molar-refractivity contribution in [2.24, 2.45) is 5.92 Å². The average Bonchev–Trinajstić information content (AvgIpc) is 3.06. The normalized spacial score (nSPS) is 24.6. The Hall–Kier alpha value is -2.32. The molecular formula is C17H17F2N3O3. The number of rotatable bonds is 4. The van der Waals surface area contributed by atoms with Crippen LogP contribution in [0.4, 0.5) is 8.78 Å². The van der Waals surface area contributed by atoms with E-state index in [9.17, 15) is 13.9 Å². The van der Waals surface area contributed by atoms with E-state index in [2.05, 4.69) is 24.3 Å². The number of aliphatic hydroxyl groups excluding tert-OH is 1. The summed E-state index contributed by atoms with van der Waals surface area (Å²) in [7, 11) is 0. The Morgan fingerprint density at radius 1 is 1.20 bits per heavy atom. The molecule has 0 bridgehead atoms. The first-order valence-electron chi connectivity index (χ1n) is 8.02. The Bertz CT molecular complexity index is 760. The summed E-state index contributed by atoms with van der Waals surface area (Å²) in [4.78, 5) is 10.4. The second-order valence-electron chi connectivity index (χ2n) is 6.37. The number of benzene rings is 1. The molecule has 1 N–H and O–H groups in total. The number of alkyl halides is 2. The van der Waals surface area contributed by atoms with Crippen LogP contribution in [0, 0.1) is 5.92 Å². The van der Waals surface area contributed by atoms with Gasteiger partial charge in [0.15, 0.2) is 11.5 Å². The zero-order valence-electron chi connectivity index (χ0n) is 13.3. The summed E-state index contributed by atoms with van der Waals surface area (Å²) in [5, 5.41) is 10.3. The van der Waals surface area contributed by atoms with Crippen molar-refractivity contribution in [3.63, 3.8) is 0 Å². The Labute approximate surface area is 143 Å². The van der Waals surface area contributed by atoms with Crippen LogP contribution in [-0.4, -0.2) is 45.5 Å². The summed E-state index contributed by atoms with van der Waals surface area (Å²) >= 11 is 0. The lowest BCUT2D eigenvalue weighted by molar-refractivity contribution is -0.286. The van der Waals surface area contributed by atoms with Crippen LogP contribution in [0.25, 0.3) is 0 Å². The highest BCUT2D eigenvalue weighted by Crippen LogP contribution is 2.41. The highest BCUT2D eigenvalue weighted by molar-refractivity contribution is 5.45. The number of hydrogen-bond acceptors (Lipinski definition) is 6. The van der Waals surface area contributed by atoms with Gasteiger partial charge in [-0.05, 0) is 24.1 Å². The number of aromatic nitrogens is 2. The predicted molar refractivity (Wildman–Crippen MR) is 83.2 cm³/mol. The van der Waals surface area contributed by atoms with Gasteiger partial charge in [-0.1, -0.05) is 6.07 Å². The molecule has 2 atom stereocenters. The summed E-state index contributed by atoms with van der Waals surface area (Å²) in [6.45, 7) is 1.76. The highest BCUT2D eigenvalue weighted by Gasteiger charge is 2.43. The van der Waals surface area contributed by atoms with Crippen molar-refractivity contribution >= 4 is 0 Å². The molecule has 2 aliphatic rings. The van der Waals surface area contributed by atoms with Gasteiger partial charge in [-0.3, -0.25) is 14.9 Å². The molecule has 0 spiro atoms. The number of halogens is 2. The van der Waals surface area contributed by atoms with E-state index in [4.69, 9.17) is 0 Å². The maximum Gasteiger partial charge on any atom is 0.586 e. The number of β-amino-alcohol motifs (C(OH)–C–C–N with tert-alkyl or cyclic N) is 1. The Balaban J connectivity index is 1.40. The van der Waals surface area contributed by atoms with Gasteiger partial charge in [-0.25, -0.2) is 0 Å². The van der Waals surface area contributed by atoms with Gasteiger partial charge < -0.3 is 14.6 Å². The molecule has 2 aliphatic heterocycles. The smallest absolute Gasteiger partial charge is 0.395 e. The molecular weight excluding hydrogens is 332 g/mol. The van der Waals surface area contributed by atoms with Crippen molar-refractivity contribution in [3.05, 3.63) is 48.0 Å². The molecule has 1 saturated heterocycles. The van der Waals surface area contributed by atoms with Gasteiger partial charge in [0.25, 0.3) is 0 Å². The monoisotopic (exact) mass is 349 g/mol. The lowest BCUT2D eigenvalue weighted by Crippen LogP contribution is -2.26. The van der Waals surface area contributed by atoms with E-state index in [1.54, 1.807) is 30.7 Å². The number of aliphatic hydroxyl groups is 1. The molecule has 1 fully saturated rings. The fourth-order valence-corrected chi connectivity index (χ4v) is 3.33. The van der Waals surface area contributed by atoms with E-state index in [1.165, 1.54) is 6.07 Å². The minimum Gasteiger partial charge on any atom is -0.395 e. The van der Waals surface area contributed by atoms with Crippen LogP contribution in [-0.2, 0) is 13.0 Å². The van der Waals surface area contributed by atoms with Crippen molar-refractivity contribution in [1.82, 2.24) is 14.9 Å². The van der Waals surface area contributed by atoms with Crippen LogP contribution >= 0.6 is 0 Å². The maximum atomic E-state index is 13.1. The quantitative estimate of drug-likeness (QED) is 0.908. The first kappa shape index (κ1) is 16.2. The summed E-state index contributed by atoms with van der Waals surface area (Å²) in [6, 6.07) is 4.76. The van der Waals surface area contributed by atoms with Crippen molar-refractivity contribution in [3.8, 4) is 11.5 Å². The van der Waals surface area contributed by atoms with Gasteiger partial charge in [0.2, 0.25) is 0 Å². The molecule has 132 valence electrons. The van der Waals surface area contributed by atoms with Crippen LogP contribution in [0.2, 0.25) is 0 Å². The van der Waals surface area contributed by atoms with Crippen molar-refractivity contribution in [1.29, 1.82) is 0 Å². The largest absolute Gasteiger partial charge is 0.586 e. The SMILES string of the molecule is O[C@@H]1CN(Cc2ccc3c(c2)OC(F)(F)O3)C[C@H]1Cc1cnccn1. The lowest BCUT2D eigenvalue weighted by atomic mass is 10.0. The van der Waals surface area contributed by atoms with E-state index in [1.807, 2.05) is 0 Å². The van der Waals surface area contributed by atoms with Gasteiger partial charge in [-0.15, -0.1) is 8.78 Å². The molecule has 1 aromatic carbocycles. The summed E-state index contributed by atoms with van der Waals surface area (Å²) in [6.07, 6.45) is 1.54. The lowest BCUT2D eigenvalue weighted by Gasteiger charge is -2.15. The van der Waals surface area contributed by atoms with Gasteiger partial charge >= 0.3 is 6.29 Å². The molecule has 3 heterocycles. The zero-order chi connectivity index (χ0) is 17.4. The van der Waals surface area contributed by atoms with E-state index < -0.39 is 12.4 Å². The third-order valence-electron chi connectivity index (χ3n) is 4.44. The number of nitrogens with zero attached hydrogens (tertiary/aromatic N) is 3. The second-order valence-corrected chi connectivity index (χ2v) is 6.37. The maximum absolute atomic E-state index is 13.1. The molecule has 6 nitrogen and oxygen atoms in total. The fourth-order valence-electron chi connectivity index (χ4n) is 3.33. The van der Waals surface area contributed by atoms with E-state index >= 15 is 0 Å². The molecule has 0 unspecified atom stereocenters. The standard InChI is InChI=1S/C17H17F2N3O3/c18-17(19)24-15-2-1-11(5-16(15)25-17)8-22-9-12(14(23)10-22)6-13-7-20-3-4-21-13/h1-5,7,12,14,23H,6,8-10H2/t12-,14-/m1/s1. The Morgan fingerprint density at radius 2 is 2.04 bits per heavy atom. The molecule has 0 aliphatic carbocycles. The topological polar surface area (TPSA) is 67.7 Å². The second kappa shape index (κ2) is 6.20. The predicted octanol–water partition coefficient (Wildman–Crippen LogP) is 1.83. The van der Waals surface area contributed by atoms with Gasteiger partial charge in [-0.2, -0.15) is 0 Å². The first-order chi connectivity index (χ1) is 12.0. The van der Waals surface area contributed by atoms with Crippen LogP contribution in [0.15, 0.2) is 36.8 Å². The highest BCUT2D eigenvalue weighted by atomic mass is 19.3. The Kier molecular flexibility index (Phi) is 4.01. The van der Waals surface area contributed by atoms with E-state index in [0.717, 1.165) is 11.3 Å². The number of likely N-dealkylation sites (tertiary alicyclic amines) is 1. The zero-order valence-corrected chi connectivity index (χ0v) is 13.3. The average molecular weight is 349 g/mol. The fraction of sp³-hybridized carbons (Fsp3) is 0.412. The molecule has 8 heteroatoms. The molecule has 2 aromatic rings. The van der Waals surface area contributed by atoms with Crippen molar-refractivity contribution < 1.29 is 23.4 Å². The van der Waals surface area contributed by atoms with Crippen LogP contribution in [0.1, 0.15) is 11.3 Å². The Morgan fingerprint density at radius 3 is 2.84 bits per heavy atom. The molecule has 25 heavy (non-hydrogen) atoms. The number of hydrogen-bond donors (Lipinski definition) is 1. The summed E-state index contributed by atoms with van der Waals surface area (Å²) in [5.74, 6) is 0.143. The van der Waals surface area contributed by atoms with Gasteiger partial charge in [0.05, 0.1) is 11.8 Å².